The van der Waals surface area contributed by atoms with E-state index < -0.39 is 5.60 Å². The first-order chi connectivity index (χ1) is 8.62. The van der Waals surface area contributed by atoms with E-state index in [0.717, 1.165) is 25.7 Å². The first-order valence-electron chi connectivity index (χ1n) is 6.56. The molecule has 0 amide bonds. The van der Waals surface area contributed by atoms with Gasteiger partial charge in [0.05, 0.1) is 0 Å². The fraction of sp³-hybridized carbons (Fsp3) is 0.571. The van der Waals surface area contributed by atoms with Gasteiger partial charge in [0, 0.05) is 30.1 Å². The molecule has 2 rings (SSSR count). The summed E-state index contributed by atoms with van der Waals surface area (Å²) in [5.74, 6) is -0.121. The van der Waals surface area contributed by atoms with Gasteiger partial charge in [-0.2, -0.15) is 0 Å². The highest BCUT2D eigenvalue weighted by Gasteiger charge is 2.35. The van der Waals surface area contributed by atoms with Gasteiger partial charge in [0.15, 0.2) is 5.78 Å². The van der Waals surface area contributed by atoms with Crippen molar-refractivity contribution in [2.24, 2.45) is 0 Å². The van der Waals surface area contributed by atoms with Crippen molar-refractivity contribution in [1.82, 2.24) is 4.98 Å². The standard InChI is InChI=1S/C14H20N2O2/c15-12-5-8-16-10-11(12)9-13(17)14(18)6-3-1-2-4-7-14/h5,8,10,18H,1-4,6-7,9H2,(H2,15,16). The zero-order valence-electron chi connectivity index (χ0n) is 10.6. The lowest BCUT2D eigenvalue weighted by atomic mass is 9.86. The summed E-state index contributed by atoms with van der Waals surface area (Å²) < 4.78 is 0. The summed E-state index contributed by atoms with van der Waals surface area (Å²) in [6.07, 6.45) is 8.58. The number of hydrogen-bond donors (Lipinski definition) is 2. The van der Waals surface area contributed by atoms with Crippen LogP contribution >= 0.6 is 0 Å². The molecule has 0 spiro atoms. The predicted molar refractivity (Wildman–Crippen MR) is 70.0 cm³/mol. The molecule has 0 radical (unpaired) electrons. The van der Waals surface area contributed by atoms with Crippen LogP contribution in [0.5, 0.6) is 0 Å². The molecule has 1 heterocycles. The van der Waals surface area contributed by atoms with Gasteiger partial charge < -0.3 is 10.8 Å². The Labute approximate surface area is 107 Å². The third-order valence-corrected chi connectivity index (χ3v) is 3.74. The van der Waals surface area contributed by atoms with Gasteiger partial charge >= 0.3 is 0 Å². The quantitative estimate of drug-likeness (QED) is 0.800. The molecule has 0 bridgehead atoms. The molecule has 1 saturated carbocycles. The van der Waals surface area contributed by atoms with E-state index in [1.54, 1.807) is 18.5 Å². The van der Waals surface area contributed by atoms with Crippen LogP contribution in [0.4, 0.5) is 5.69 Å². The van der Waals surface area contributed by atoms with Gasteiger partial charge in [0.1, 0.15) is 5.60 Å². The van der Waals surface area contributed by atoms with E-state index in [2.05, 4.69) is 4.98 Å². The van der Waals surface area contributed by atoms with Crippen LogP contribution in [0.2, 0.25) is 0 Å². The number of aromatic nitrogens is 1. The smallest absolute Gasteiger partial charge is 0.168 e. The summed E-state index contributed by atoms with van der Waals surface area (Å²) in [6.45, 7) is 0. The van der Waals surface area contributed by atoms with Crippen LogP contribution in [0.1, 0.15) is 44.1 Å². The van der Waals surface area contributed by atoms with Gasteiger partial charge in [-0.05, 0) is 18.9 Å². The molecule has 0 saturated heterocycles. The highest BCUT2D eigenvalue weighted by Crippen LogP contribution is 2.29. The molecular weight excluding hydrogens is 228 g/mol. The van der Waals surface area contributed by atoms with Crippen molar-refractivity contribution in [3.8, 4) is 0 Å². The first kappa shape index (κ1) is 13.0. The fourth-order valence-electron chi connectivity index (χ4n) is 2.52. The van der Waals surface area contributed by atoms with Crippen LogP contribution < -0.4 is 5.73 Å². The Hall–Kier alpha value is -1.42. The van der Waals surface area contributed by atoms with Crippen LogP contribution in [-0.4, -0.2) is 21.5 Å². The lowest BCUT2D eigenvalue weighted by Crippen LogP contribution is -2.39. The van der Waals surface area contributed by atoms with E-state index in [4.69, 9.17) is 5.73 Å². The number of carbonyl (C=O) groups excluding carboxylic acids is 1. The second-order valence-electron chi connectivity index (χ2n) is 5.12. The SMILES string of the molecule is Nc1ccncc1CC(=O)C1(O)CCCCCC1. The van der Waals surface area contributed by atoms with Crippen LogP contribution in [0.25, 0.3) is 0 Å². The maximum absolute atomic E-state index is 12.3. The van der Waals surface area contributed by atoms with Gasteiger partial charge in [-0.25, -0.2) is 0 Å². The van der Waals surface area contributed by atoms with Crippen molar-refractivity contribution in [2.45, 2.75) is 50.5 Å². The summed E-state index contributed by atoms with van der Waals surface area (Å²) in [5, 5.41) is 10.5. The van der Waals surface area contributed by atoms with Gasteiger partial charge in [-0.1, -0.05) is 25.7 Å². The molecule has 1 aromatic heterocycles. The number of rotatable bonds is 3. The summed E-state index contributed by atoms with van der Waals surface area (Å²) in [6, 6.07) is 1.68. The van der Waals surface area contributed by atoms with E-state index in [1.807, 2.05) is 0 Å². The maximum Gasteiger partial charge on any atom is 0.168 e. The van der Waals surface area contributed by atoms with Gasteiger partial charge in [0.2, 0.25) is 0 Å². The van der Waals surface area contributed by atoms with E-state index in [9.17, 15) is 9.90 Å². The second-order valence-corrected chi connectivity index (χ2v) is 5.12. The highest BCUT2D eigenvalue weighted by molar-refractivity contribution is 5.89. The average Bonchev–Trinajstić information content (AvgIpc) is 2.58. The Morgan fingerprint density at radius 2 is 2.00 bits per heavy atom. The zero-order valence-corrected chi connectivity index (χ0v) is 10.6. The van der Waals surface area contributed by atoms with Crippen LogP contribution in [-0.2, 0) is 11.2 Å². The molecule has 0 aromatic carbocycles. The minimum absolute atomic E-state index is 0.121. The molecule has 0 unspecified atom stereocenters. The van der Waals surface area contributed by atoms with Gasteiger partial charge in [-0.3, -0.25) is 9.78 Å². The Bertz CT molecular complexity index is 424. The van der Waals surface area contributed by atoms with Crippen molar-refractivity contribution in [3.63, 3.8) is 0 Å². The zero-order chi connectivity index (χ0) is 13.0. The molecule has 0 aliphatic heterocycles. The molecule has 3 N–H and O–H groups in total. The topological polar surface area (TPSA) is 76.2 Å². The summed E-state index contributed by atoms with van der Waals surface area (Å²) >= 11 is 0. The van der Waals surface area contributed by atoms with Crippen LogP contribution in [0.15, 0.2) is 18.5 Å². The molecular formula is C14H20N2O2. The number of aliphatic hydroxyl groups is 1. The fourth-order valence-corrected chi connectivity index (χ4v) is 2.52. The minimum atomic E-state index is -1.15. The summed E-state index contributed by atoms with van der Waals surface area (Å²) in [4.78, 5) is 16.2. The van der Waals surface area contributed by atoms with Crippen LogP contribution in [0, 0.1) is 0 Å². The Morgan fingerprint density at radius 1 is 1.33 bits per heavy atom. The molecule has 0 atom stereocenters. The first-order valence-corrected chi connectivity index (χ1v) is 6.56. The monoisotopic (exact) mass is 248 g/mol. The lowest BCUT2D eigenvalue weighted by Gasteiger charge is -2.25. The normalized spacial score (nSPS) is 19.2. The van der Waals surface area contributed by atoms with Crippen LogP contribution in [0.3, 0.4) is 0 Å². The molecule has 4 nitrogen and oxygen atoms in total. The molecule has 1 fully saturated rings. The number of hydrogen-bond acceptors (Lipinski definition) is 4. The van der Waals surface area contributed by atoms with Gasteiger partial charge in [-0.15, -0.1) is 0 Å². The molecule has 4 heteroatoms. The Morgan fingerprint density at radius 3 is 2.61 bits per heavy atom. The number of carbonyl (C=O) groups is 1. The van der Waals surface area contributed by atoms with Crippen molar-refractivity contribution >= 4 is 11.5 Å². The van der Waals surface area contributed by atoms with Crippen molar-refractivity contribution < 1.29 is 9.90 Å². The number of nitrogens with zero attached hydrogens (tertiary/aromatic N) is 1. The minimum Gasteiger partial charge on any atom is -0.398 e. The average molecular weight is 248 g/mol. The van der Waals surface area contributed by atoms with Crippen molar-refractivity contribution in [1.29, 1.82) is 0 Å². The predicted octanol–water partition coefficient (Wildman–Crippen LogP) is 1.86. The molecule has 18 heavy (non-hydrogen) atoms. The number of nitrogen functional groups attached to an aromatic ring is 1. The number of ketones is 1. The molecule has 1 aliphatic rings. The Balaban J connectivity index is 2.09. The van der Waals surface area contributed by atoms with Crippen molar-refractivity contribution in [3.05, 3.63) is 24.0 Å². The third-order valence-electron chi connectivity index (χ3n) is 3.74. The van der Waals surface area contributed by atoms with E-state index in [-0.39, 0.29) is 12.2 Å². The number of anilines is 1. The maximum atomic E-state index is 12.3. The third kappa shape index (κ3) is 2.88. The number of pyridine rings is 1. The van der Waals surface area contributed by atoms with E-state index in [1.165, 1.54) is 0 Å². The molecule has 1 aromatic rings. The Kier molecular flexibility index (Phi) is 3.97. The van der Waals surface area contributed by atoms with Crippen molar-refractivity contribution in [2.75, 3.05) is 5.73 Å². The molecule has 98 valence electrons. The highest BCUT2D eigenvalue weighted by atomic mass is 16.3. The molecule has 1 aliphatic carbocycles. The summed E-state index contributed by atoms with van der Waals surface area (Å²) in [5.41, 5.74) is 5.92. The largest absolute Gasteiger partial charge is 0.398 e. The number of nitrogens with two attached hydrogens (primary N) is 1. The summed E-state index contributed by atoms with van der Waals surface area (Å²) in [7, 11) is 0. The van der Waals surface area contributed by atoms with E-state index in [0.29, 0.717) is 24.1 Å². The lowest BCUT2D eigenvalue weighted by molar-refractivity contribution is -0.138. The van der Waals surface area contributed by atoms with Gasteiger partial charge in [0.25, 0.3) is 0 Å². The number of Topliss-reactive ketones (excluding diaryl/α,β-unsaturated/α-hetero) is 1. The van der Waals surface area contributed by atoms with E-state index >= 15 is 0 Å². The second kappa shape index (κ2) is 5.48.